The van der Waals surface area contributed by atoms with Crippen LogP contribution in [0.3, 0.4) is 0 Å². The lowest BCUT2D eigenvalue weighted by molar-refractivity contribution is -0.121. The van der Waals surface area contributed by atoms with Gasteiger partial charge in [-0.3, -0.25) is 10.1 Å². The molecule has 7 nitrogen and oxygen atoms in total. The van der Waals surface area contributed by atoms with Crippen LogP contribution >= 0.6 is 0 Å². The van der Waals surface area contributed by atoms with E-state index in [2.05, 4.69) is 10.3 Å². The average Bonchev–Trinajstić information content (AvgIpc) is 2.84. The van der Waals surface area contributed by atoms with Crippen LogP contribution in [0.15, 0.2) is 17.1 Å². The van der Waals surface area contributed by atoms with E-state index in [4.69, 9.17) is 14.6 Å². The largest absolute Gasteiger partial charge is 0.492 e. The quantitative estimate of drug-likeness (QED) is 0.840. The number of carbonyl (C=O) groups excluding carboxylic acids is 1. The Kier molecular flexibility index (Phi) is 3.89. The van der Waals surface area contributed by atoms with Crippen molar-refractivity contribution in [3.63, 3.8) is 0 Å². The second-order valence-electron chi connectivity index (χ2n) is 5.14. The van der Waals surface area contributed by atoms with Crippen LogP contribution in [0.25, 0.3) is 0 Å². The molecule has 0 radical (unpaired) electrons. The Labute approximate surface area is 128 Å². The third-order valence-corrected chi connectivity index (χ3v) is 3.88. The molecule has 118 valence electrons. The maximum absolute atomic E-state index is 12.0. The molecule has 0 aliphatic carbocycles. The molecule has 1 aromatic carbocycles. The van der Waals surface area contributed by atoms with Gasteiger partial charge in [-0.2, -0.15) is 0 Å². The fourth-order valence-electron chi connectivity index (χ4n) is 2.87. The molecule has 22 heavy (non-hydrogen) atoms. The first kappa shape index (κ1) is 14.6. The number of ether oxygens (including phenoxy) is 2. The number of guanidine groups is 1. The van der Waals surface area contributed by atoms with E-state index in [-0.39, 0.29) is 25.2 Å². The number of amides is 1. The number of nitrogens with zero attached hydrogens (tertiary/aromatic N) is 2. The van der Waals surface area contributed by atoms with E-state index in [1.165, 1.54) is 0 Å². The van der Waals surface area contributed by atoms with Crippen LogP contribution in [-0.2, 0) is 11.3 Å². The summed E-state index contributed by atoms with van der Waals surface area (Å²) in [7, 11) is 1.57. The minimum absolute atomic E-state index is 0.0234. The van der Waals surface area contributed by atoms with E-state index < -0.39 is 0 Å². The molecule has 1 atom stereocenters. The molecule has 0 aromatic heterocycles. The fourth-order valence-corrected chi connectivity index (χ4v) is 2.87. The van der Waals surface area contributed by atoms with E-state index in [0.29, 0.717) is 30.4 Å². The van der Waals surface area contributed by atoms with E-state index in [1.807, 2.05) is 17.9 Å². The van der Waals surface area contributed by atoms with Crippen LogP contribution in [0.5, 0.6) is 11.5 Å². The molecule has 7 heteroatoms. The molecule has 1 saturated heterocycles. The number of aliphatic hydroxyl groups excluding tert-OH is 1. The predicted octanol–water partition coefficient (Wildman–Crippen LogP) is 0.778. The summed E-state index contributed by atoms with van der Waals surface area (Å²) in [4.78, 5) is 18.4. The van der Waals surface area contributed by atoms with Gasteiger partial charge in [-0.1, -0.05) is 6.92 Å². The monoisotopic (exact) mass is 305 g/mol. The minimum atomic E-state index is -0.210. The molecule has 0 bridgehead atoms. The van der Waals surface area contributed by atoms with Gasteiger partial charge in [0.05, 0.1) is 25.9 Å². The summed E-state index contributed by atoms with van der Waals surface area (Å²) in [5.41, 5.74) is 1.65. The molecule has 0 saturated carbocycles. The Morgan fingerprint density at radius 2 is 2.32 bits per heavy atom. The van der Waals surface area contributed by atoms with Crippen molar-refractivity contribution in [2.75, 3.05) is 20.3 Å². The van der Waals surface area contributed by atoms with Crippen LogP contribution in [0.1, 0.15) is 18.9 Å². The Bertz CT molecular complexity index is 629. The lowest BCUT2D eigenvalue weighted by Crippen LogP contribution is -2.36. The summed E-state index contributed by atoms with van der Waals surface area (Å²) < 4.78 is 11.0. The number of benzene rings is 1. The van der Waals surface area contributed by atoms with E-state index in [1.54, 1.807) is 13.2 Å². The first-order valence-corrected chi connectivity index (χ1v) is 7.29. The number of hydrogen-bond acceptors (Lipinski definition) is 6. The molecule has 1 aromatic rings. The smallest absolute Gasteiger partial charge is 0.249 e. The van der Waals surface area contributed by atoms with Crippen molar-refractivity contribution in [2.45, 2.75) is 25.9 Å². The van der Waals surface area contributed by atoms with Gasteiger partial charge in [0.1, 0.15) is 12.6 Å². The number of rotatable bonds is 5. The maximum atomic E-state index is 12.0. The van der Waals surface area contributed by atoms with Gasteiger partial charge in [-0.25, -0.2) is 4.99 Å². The Hall–Kier alpha value is -2.28. The summed E-state index contributed by atoms with van der Waals surface area (Å²) in [6.07, 6.45) is 0.712. The molecule has 2 N–H and O–H groups in total. The van der Waals surface area contributed by atoms with Crippen molar-refractivity contribution >= 4 is 17.6 Å². The van der Waals surface area contributed by atoms with Gasteiger partial charge in [0.2, 0.25) is 11.9 Å². The number of methoxy groups -OCH3 is 1. The van der Waals surface area contributed by atoms with Crippen molar-refractivity contribution in [3.05, 3.63) is 17.7 Å². The Balaban J connectivity index is 1.99. The first-order chi connectivity index (χ1) is 10.7. The van der Waals surface area contributed by atoms with Crippen LogP contribution in [0.4, 0.5) is 5.69 Å². The molecule has 2 aliphatic rings. The predicted molar refractivity (Wildman–Crippen MR) is 80.4 cm³/mol. The number of aliphatic hydroxyl groups is 1. The standard InChI is InChI=1S/C15H19N3O4/c1-3-11-14(20)17-15-16-10-4-5-12(22-7-6-19)13(21-2)9(10)8-18(11)15/h4-5,11,19H,3,6-8H2,1-2H3,(H,16,17,20). The highest BCUT2D eigenvalue weighted by molar-refractivity contribution is 6.07. The zero-order valence-corrected chi connectivity index (χ0v) is 12.6. The van der Waals surface area contributed by atoms with Gasteiger partial charge < -0.3 is 19.5 Å². The second kappa shape index (κ2) is 5.84. The van der Waals surface area contributed by atoms with E-state index >= 15 is 0 Å². The van der Waals surface area contributed by atoms with Crippen LogP contribution in [0, 0.1) is 0 Å². The van der Waals surface area contributed by atoms with Crippen LogP contribution in [-0.4, -0.2) is 48.2 Å². The summed E-state index contributed by atoms with van der Waals surface area (Å²) in [6.45, 7) is 2.64. The lowest BCUT2D eigenvalue weighted by Gasteiger charge is -2.28. The topological polar surface area (TPSA) is 83.4 Å². The van der Waals surface area contributed by atoms with Crippen molar-refractivity contribution in [3.8, 4) is 11.5 Å². The van der Waals surface area contributed by atoms with Crippen LogP contribution in [0.2, 0.25) is 0 Å². The summed E-state index contributed by atoms with van der Waals surface area (Å²) in [5.74, 6) is 1.74. The normalized spacial score (nSPS) is 19.2. The Morgan fingerprint density at radius 1 is 1.50 bits per heavy atom. The highest BCUT2D eigenvalue weighted by Crippen LogP contribution is 2.41. The molecule has 1 amide bonds. The molecular formula is C15H19N3O4. The highest BCUT2D eigenvalue weighted by atomic mass is 16.5. The van der Waals surface area contributed by atoms with Crippen molar-refractivity contribution in [1.29, 1.82) is 0 Å². The minimum Gasteiger partial charge on any atom is -0.492 e. The van der Waals surface area contributed by atoms with Crippen molar-refractivity contribution < 1.29 is 19.4 Å². The number of aliphatic imine (C=N–C) groups is 1. The van der Waals surface area contributed by atoms with E-state index in [0.717, 1.165) is 11.3 Å². The van der Waals surface area contributed by atoms with Crippen molar-refractivity contribution in [1.82, 2.24) is 10.2 Å². The van der Waals surface area contributed by atoms with Crippen molar-refractivity contribution in [2.24, 2.45) is 4.99 Å². The zero-order valence-electron chi connectivity index (χ0n) is 12.6. The van der Waals surface area contributed by atoms with Gasteiger partial charge >= 0.3 is 0 Å². The Morgan fingerprint density at radius 3 is 3.00 bits per heavy atom. The molecule has 1 unspecified atom stereocenters. The second-order valence-corrected chi connectivity index (χ2v) is 5.14. The van der Waals surface area contributed by atoms with Gasteiger partial charge in [0, 0.05) is 5.56 Å². The summed E-state index contributed by atoms with van der Waals surface area (Å²) >= 11 is 0. The third-order valence-electron chi connectivity index (χ3n) is 3.88. The number of carbonyl (C=O) groups is 1. The molecule has 3 rings (SSSR count). The van der Waals surface area contributed by atoms with Crippen LogP contribution < -0.4 is 14.8 Å². The zero-order chi connectivity index (χ0) is 15.7. The summed E-state index contributed by atoms with van der Waals surface area (Å²) in [6, 6.07) is 3.39. The number of hydrogen-bond donors (Lipinski definition) is 2. The average molecular weight is 305 g/mol. The highest BCUT2D eigenvalue weighted by Gasteiger charge is 2.38. The summed E-state index contributed by atoms with van der Waals surface area (Å²) in [5, 5.41) is 11.7. The maximum Gasteiger partial charge on any atom is 0.249 e. The number of nitrogens with one attached hydrogen (secondary N) is 1. The van der Waals surface area contributed by atoms with Gasteiger partial charge in [-0.05, 0) is 18.6 Å². The third kappa shape index (κ3) is 2.27. The fraction of sp³-hybridized carbons (Fsp3) is 0.467. The van der Waals surface area contributed by atoms with E-state index in [9.17, 15) is 4.79 Å². The molecule has 0 spiro atoms. The molecule has 2 heterocycles. The molecule has 1 fully saturated rings. The SMILES string of the molecule is CCC1C(=O)NC2=Nc3ccc(OCCO)c(OC)c3CN21. The van der Waals surface area contributed by atoms with Gasteiger partial charge in [0.25, 0.3) is 0 Å². The van der Waals surface area contributed by atoms with Gasteiger partial charge in [0.15, 0.2) is 11.5 Å². The lowest BCUT2D eigenvalue weighted by atomic mass is 10.1. The van der Waals surface area contributed by atoms with Gasteiger partial charge in [-0.15, -0.1) is 0 Å². The molecule has 2 aliphatic heterocycles. The molecular weight excluding hydrogens is 286 g/mol. The number of fused-ring (bicyclic) bond motifs is 2. The first-order valence-electron chi connectivity index (χ1n) is 7.29.